The van der Waals surface area contributed by atoms with E-state index in [9.17, 15) is 0 Å². The Kier molecular flexibility index (Phi) is 2.65. The van der Waals surface area contributed by atoms with E-state index in [0.29, 0.717) is 0 Å². The van der Waals surface area contributed by atoms with Crippen LogP contribution >= 0.6 is 0 Å². The second-order valence-electron chi connectivity index (χ2n) is 3.33. The van der Waals surface area contributed by atoms with E-state index in [4.69, 9.17) is 10.8 Å². The minimum absolute atomic E-state index is 0.0322. The van der Waals surface area contributed by atoms with Crippen LogP contribution in [-0.4, -0.2) is 10.1 Å². The largest absolute Gasteiger partial charge is 0.399 e. The van der Waals surface area contributed by atoms with Crippen molar-refractivity contribution in [2.75, 3.05) is 5.73 Å². The summed E-state index contributed by atoms with van der Waals surface area (Å²) in [6, 6.07) is 11.2. The maximum atomic E-state index is 9.01. The van der Waals surface area contributed by atoms with Gasteiger partial charge >= 0.3 is 0 Å². The number of rotatable bonds is 2. The Morgan fingerprint density at radius 3 is 2.53 bits per heavy atom. The Bertz CT molecular complexity index is 451. The van der Waals surface area contributed by atoms with Crippen LogP contribution in [0.3, 0.4) is 0 Å². The molecule has 0 aliphatic carbocycles. The molecule has 2 rings (SSSR count). The summed E-state index contributed by atoms with van der Waals surface area (Å²) in [7, 11) is 0. The van der Waals surface area contributed by atoms with Crippen LogP contribution < -0.4 is 5.73 Å². The number of nitrogens with two attached hydrogens (primary N) is 1. The quantitative estimate of drug-likeness (QED) is 0.727. The van der Waals surface area contributed by atoms with Gasteiger partial charge in [0.05, 0.1) is 12.3 Å². The van der Waals surface area contributed by atoms with Gasteiger partial charge in [-0.25, -0.2) is 0 Å². The highest BCUT2D eigenvalue weighted by molar-refractivity contribution is 5.62. The smallest absolute Gasteiger partial charge is 0.0705 e. The molecule has 76 valence electrons. The zero-order valence-electron chi connectivity index (χ0n) is 8.22. The summed E-state index contributed by atoms with van der Waals surface area (Å²) in [6.45, 7) is 0.0322. The molecule has 0 aliphatic heterocycles. The van der Waals surface area contributed by atoms with Crippen LogP contribution in [0.1, 0.15) is 5.56 Å². The minimum Gasteiger partial charge on any atom is -0.399 e. The molecule has 1 heterocycles. The monoisotopic (exact) mass is 200 g/mol. The summed E-state index contributed by atoms with van der Waals surface area (Å²) in [5, 5.41) is 9.01. The molecular formula is C12H12N2O. The fourth-order valence-electron chi connectivity index (χ4n) is 1.38. The molecule has 3 heteroatoms. The fraction of sp³-hybridized carbons (Fsp3) is 0.0833. The second-order valence-corrected chi connectivity index (χ2v) is 3.33. The van der Waals surface area contributed by atoms with E-state index in [1.165, 1.54) is 0 Å². The standard InChI is InChI=1S/C12H12N2O/c13-11-3-1-10(2-4-11)12-7-9(8-15)5-6-14-12/h1-7,15H,8,13H2. The van der Waals surface area contributed by atoms with Gasteiger partial charge in [-0.1, -0.05) is 12.1 Å². The van der Waals surface area contributed by atoms with Crippen molar-refractivity contribution in [3.8, 4) is 11.3 Å². The Morgan fingerprint density at radius 2 is 1.87 bits per heavy atom. The first-order valence-corrected chi connectivity index (χ1v) is 4.71. The van der Waals surface area contributed by atoms with Gasteiger partial charge in [0.2, 0.25) is 0 Å². The van der Waals surface area contributed by atoms with E-state index >= 15 is 0 Å². The number of aliphatic hydroxyl groups is 1. The third-order valence-corrected chi connectivity index (χ3v) is 2.21. The van der Waals surface area contributed by atoms with Gasteiger partial charge in [-0.15, -0.1) is 0 Å². The van der Waals surface area contributed by atoms with Crippen molar-refractivity contribution in [2.45, 2.75) is 6.61 Å². The second kappa shape index (κ2) is 4.11. The lowest BCUT2D eigenvalue weighted by molar-refractivity contribution is 0.282. The van der Waals surface area contributed by atoms with E-state index in [1.54, 1.807) is 12.3 Å². The first-order chi connectivity index (χ1) is 7.29. The molecule has 1 aromatic heterocycles. The molecule has 3 N–H and O–H groups in total. The lowest BCUT2D eigenvalue weighted by atomic mass is 10.1. The van der Waals surface area contributed by atoms with Crippen LogP contribution in [0.5, 0.6) is 0 Å². The number of hydrogen-bond donors (Lipinski definition) is 2. The molecule has 0 amide bonds. The minimum atomic E-state index is 0.0322. The lowest BCUT2D eigenvalue weighted by Gasteiger charge is -2.02. The number of pyridine rings is 1. The number of nitrogens with zero attached hydrogens (tertiary/aromatic N) is 1. The molecular weight excluding hydrogens is 188 g/mol. The van der Waals surface area contributed by atoms with Crippen molar-refractivity contribution in [2.24, 2.45) is 0 Å². The Labute approximate surface area is 88.2 Å². The van der Waals surface area contributed by atoms with Crippen molar-refractivity contribution >= 4 is 5.69 Å². The Hall–Kier alpha value is -1.87. The average Bonchev–Trinajstić information content (AvgIpc) is 2.30. The van der Waals surface area contributed by atoms with Crippen molar-refractivity contribution < 1.29 is 5.11 Å². The molecule has 0 atom stereocenters. The van der Waals surface area contributed by atoms with Gasteiger partial charge < -0.3 is 10.8 Å². The molecule has 0 saturated heterocycles. The van der Waals surface area contributed by atoms with E-state index < -0.39 is 0 Å². The lowest BCUT2D eigenvalue weighted by Crippen LogP contribution is -1.89. The van der Waals surface area contributed by atoms with Gasteiger partial charge in [-0.3, -0.25) is 4.98 Å². The van der Waals surface area contributed by atoms with Crippen LogP contribution in [-0.2, 0) is 6.61 Å². The third kappa shape index (κ3) is 2.14. The van der Waals surface area contributed by atoms with Gasteiger partial charge in [0.1, 0.15) is 0 Å². The molecule has 2 aromatic rings. The van der Waals surface area contributed by atoms with E-state index in [1.807, 2.05) is 30.3 Å². The number of nitrogen functional groups attached to an aromatic ring is 1. The summed E-state index contributed by atoms with van der Waals surface area (Å²) in [6.07, 6.45) is 1.69. The molecule has 0 spiro atoms. The van der Waals surface area contributed by atoms with Crippen molar-refractivity contribution in [1.82, 2.24) is 4.98 Å². The number of hydrogen-bond acceptors (Lipinski definition) is 3. The van der Waals surface area contributed by atoms with Gasteiger partial charge in [-0.05, 0) is 29.8 Å². The highest BCUT2D eigenvalue weighted by Gasteiger charge is 1.99. The van der Waals surface area contributed by atoms with Crippen LogP contribution in [0, 0.1) is 0 Å². The molecule has 0 radical (unpaired) electrons. The van der Waals surface area contributed by atoms with E-state index in [2.05, 4.69) is 4.98 Å². The molecule has 1 aromatic carbocycles. The Balaban J connectivity index is 2.40. The van der Waals surface area contributed by atoms with Gasteiger partial charge in [0.25, 0.3) is 0 Å². The number of aromatic nitrogens is 1. The van der Waals surface area contributed by atoms with Crippen LogP contribution in [0.4, 0.5) is 5.69 Å². The predicted molar refractivity (Wildman–Crippen MR) is 60.0 cm³/mol. The maximum Gasteiger partial charge on any atom is 0.0705 e. The third-order valence-electron chi connectivity index (χ3n) is 2.21. The summed E-state index contributed by atoms with van der Waals surface area (Å²) in [5.41, 5.74) is 9.04. The zero-order valence-corrected chi connectivity index (χ0v) is 8.22. The van der Waals surface area contributed by atoms with Crippen LogP contribution in [0.15, 0.2) is 42.6 Å². The topological polar surface area (TPSA) is 59.1 Å². The van der Waals surface area contributed by atoms with Crippen molar-refractivity contribution in [1.29, 1.82) is 0 Å². The number of anilines is 1. The van der Waals surface area contributed by atoms with Gasteiger partial charge in [0, 0.05) is 17.4 Å². The highest BCUT2D eigenvalue weighted by atomic mass is 16.3. The Morgan fingerprint density at radius 1 is 1.13 bits per heavy atom. The summed E-state index contributed by atoms with van der Waals surface area (Å²) in [4.78, 5) is 4.24. The molecule has 0 unspecified atom stereocenters. The SMILES string of the molecule is Nc1ccc(-c2cc(CO)ccn2)cc1. The molecule has 0 bridgehead atoms. The molecule has 3 nitrogen and oxygen atoms in total. The molecule has 15 heavy (non-hydrogen) atoms. The fourth-order valence-corrected chi connectivity index (χ4v) is 1.38. The first kappa shape index (κ1) is 9.68. The average molecular weight is 200 g/mol. The first-order valence-electron chi connectivity index (χ1n) is 4.71. The summed E-state index contributed by atoms with van der Waals surface area (Å²) < 4.78 is 0. The predicted octanol–water partition coefficient (Wildman–Crippen LogP) is 1.82. The summed E-state index contributed by atoms with van der Waals surface area (Å²) >= 11 is 0. The number of aliphatic hydroxyl groups excluding tert-OH is 1. The van der Waals surface area contributed by atoms with Crippen LogP contribution in [0.25, 0.3) is 11.3 Å². The number of benzene rings is 1. The van der Waals surface area contributed by atoms with Crippen molar-refractivity contribution in [3.05, 3.63) is 48.2 Å². The van der Waals surface area contributed by atoms with Crippen LogP contribution in [0.2, 0.25) is 0 Å². The van der Waals surface area contributed by atoms with E-state index in [-0.39, 0.29) is 6.61 Å². The summed E-state index contributed by atoms with van der Waals surface area (Å²) in [5.74, 6) is 0. The van der Waals surface area contributed by atoms with Gasteiger partial charge in [-0.2, -0.15) is 0 Å². The van der Waals surface area contributed by atoms with Crippen molar-refractivity contribution in [3.63, 3.8) is 0 Å². The van der Waals surface area contributed by atoms with E-state index in [0.717, 1.165) is 22.5 Å². The van der Waals surface area contributed by atoms with Gasteiger partial charge in [0.15, 0.2) is 0 Å². The maximum absolute atomic E-state index is 9.01. The molecule has 0 aliphatic rings. The zero-order chi connectivity index (χ0) is 10.7. The molecule has 0 saturated carbocycles. The molecule has 0 fully saturated rings. The highest BCUT2D eigenvalue weighted by Crippen LogP contribution is 2.19. The normalized spacial score (nSPS) is 10.2.